The van der Waals surface area contributed by atoms with Gasteiger partial charge in [-0.15, -0.1) is 0 Å². The van der Waals surface area contributed by atoms with Crippen molar-refractivity contribution in [3.8, 4) is 5.75 Å². The molecule has 0 fully saturated rings. The fraction of sp³-hybridized carbons (Fsp3) is 0.318. The number of ether oxygens (including phenoxy) is 1. The van der Waals surface area contributed by atoms with E-state index in [0.29, 0.717) is 39.7 Å². The first-order chi connectivity index (χ1) is 14.2. The summed E-state index contributed by atoms with van der Waals surface area (Å²) in [5.74, 6) is 0.549. The van der Waals surface area contributed by atoms with Crippen LogP contribution >= 0.6 is 28.1 Å². The van der Waals surface area contributed by atoms with Gasteiger partial charge in [-0.3, -0.25) is 14.9 Å². The van der Waals surface area contributed by atoms with Crippen LogP contribution in [0.5, 0.6) is 5.75 Å². The normalized spacial score (nSPS) is 10.6. The molecule has 0 aliphatic heterocycles. The van der Waals surface area contributed by atoms with Gasteiger partial charge in [-0.05, 0) is 70.5 Å². The Hall–Kier alpha value is -2.45. The van der Waals surface area contributed by atoms with Crippen molar-refractivity contribution in [1.82, 2.24) is 5.32 Å². The molecule has 160 valence electrons. The molecule has 0 saturated heterocycles. The van der Waals surface area contributed by atoms with Crippen molar-refractivity contribution in [2.45, 2.75) is 27.7 Å². The summed E-state index contributed by atoms with van der Waals surface area (Å²) in [6.07, 6.45) is 0. The summed E-state index contributed by atoms with van der Waals surface area (Å²) in [5.41, 5.74) is 1.75. The lowest BCUT2D eigenvalue weighted by atomic mass is 10.2. The molecular weight excluding hydrogens is 466 g/mol. The smallest absolute Gasteiger partial charge is 0.257 e. The SMILES string of the molecule is CC(C)COc1ccc(C(=O)NC(=S)Nc2cccc(NC(=O)C(C)C)c2)cc1Br. The Morgan fingerprint density at radius 3 is 2.30 bits per heavy atom. The maximum absolute atomic E-state index is 12.5. The lowest BCUT2D eigenvalue weighted by Crippen LogP contribution is -2.34. The molecule has 2 amide bonds. The highest BCUT2D eigenvalue weighted by molar-refractivity contribution is 9.10. The van der Waals surface area contributed by atoms with Gasteiger partial charge in [-0.25, -0.2) is 0 Å². The minimum Gasteiger partial charge on any atom is -0.492 e. The largest absolute Gasteiger partial charge is 0.492 e. The predicted molar refractivity (Wildman–Crippen MR) is 128 cm³/mol. The average Bonchev–Trinajstić information content (AvgIpc) is 2.66. The highest BCUT2D eigenvalue weighted by Gasteiger charge is 2.12. The number of hydrogen-bond acceptors (Lipinski definition) is 4. The summed E-state index contributed by atoms with van der Waals surface area (Å²) in [4.78, 5) is 24.4. The van der Waals surface area contributed by atoms with E-state index in [2.05, 4.69) is 45.7 Å². The number of amides is 2. The zero-order valence-electron chi connectivity index (χ0n) is 17.4. The maximum atomic E-state index is 12.5. The number of carbonyl (C=O) groups excluding carboxylic acids is 2. The van der Waals surface area contributed by atoms with Gasteiger partial charge in [0.2, 0.25) is 5.91 Å². The lowest BCUT2D eigenvalue weighted by Gasteiger charge is -2.13. The number of halogens is 1. The average molecular weight is 492 g/mol. The van der Waals surface area contributed by atoms with Gasteiger partial charge in [0.05, 0.1) is 11.1 Å². The molecule has 2 aromatic carbocycles. The van der Waals surface area contributed by atoms with E-state index in [9.17, 15) is 9.59 Å². The molecule has 0 bridgehead atoms. The predicted octanol–water partition coefficient (Wildman–Crippen LogP) is 5.21. The maximum Gasteiger partial charge on any atom is 0.257 e. The van der Waals surface area contributed by atoms with E-state index >= 15 is 0 Å². The van der Waals surface area contributed by atoms with Gasteiger partial charge in [0.15, 0.2) is 5.11 Å². The number of thiocarbonyl (C=S) groups is 1. The second-order valence-electron chi connectivity index (χ2n) is 7.48. The molecule has 2 rings (SSSR count). The van der Waals surface area contributed by atoms with E-state index in [1.165, 1.54) is 0 Å². The molecule has 0 saturated carbocycles. The van der Waals surface area contributed by atoms with Crippen LogP contribution in [0.4, 0.5) is 11.4 Å². The molecule has 6 nitrogen and oxygen atoms in total. The number of carbonyl (C=O) groups is 2. The van der Waals surface area contributed by atoms with E-state index in [1.54, 1.807) is 42.5 Å². The Labute approximate surface area is 190 Å². The molecule has 0 aliphatic carbocycles. The Kier molecular flexibility index (Phi) is 8.80. The van der Waals surface area contributed by atoms with E-state index < -0.39 is 0 Å². The van der Waals surface area contributed by atoms with Crippen LogP contribution in [0.2, 0.25) is 0 Å². The number of nitrogens with one attached hydrogen (secondary N) is 3. The Bertz CT molecular complexity index is 932. The van der Waals surface area contributed by atoms with Gasteiger partial charge in [-0.2, -0.15) is 0 Å². The second-order valence-corrected chi connectivity index (χ2v) is 8.75. The monoisotopic (exact) mass is 491 g/mol. The third-order valence-electron chi connectivity index (χ3n) is 3.91. The Balaban J connectivity index is 1.97. The van der Waals surface area contributed by atoms with Crippen molar-refractivity contribution in [2.24, 2.45) is 11.8 Å². The highest BCUT2D eigenvalue weighted by atomic mass is 79.9. The summed E-state index contributed by atoms with van der Waals surface area (Å²) in [7, 11) is 0. The van der Waals surface area contributed by atoms with Crippen LogP contribution in [-0.4, -0.2) is 23.5 Å². The standard InChI is InChI=1S/C22H26BrN3O3S/c1-13(2)12-29-19-9-8-15(10-18(19)23)21(28)26-22(30)25-17-7-5-6-16(11-17)24-20(27)14(3)4/h5-11,13-14H,12H2,1-4H3,(H,24,27)(H2,25,26,28,30). The summed E-state index contributed by atoms with van der Waals surface area (Å²) >= 11 is 8.68. The number of rotatable bonds is 7. The van der Waals surface area contributed by atoms with Crippen molar-refractivity contribution in [1.29, 1.82) is 0 Å². The molecule has 30 heavy (non-hydrogen) atoms. The first-order valence-electron chi connectivity index (χ1n) is 9.61. The summed E-state index contributed by atoms with van der Waals surface area (Å²) in [5, 5.41) is 8.59. The van der Waals surface area contributed by atoms with Gasteiger partial charge < -0.3 is 15.4 Å². The molecule has 2 aromatic rings. The topological polar surface area (TPSA) is 79.5 Å². The van der Waals surface area contributed by atoms with Crippen LogP contribution in [0.15, 0.2) is 46.9 Å². The number of benzene rings is 2. The third kappa shape index (κ3) is 7.42. The number of anilines is 2. The van der Waals surface area contributed by atoms with Crippen LogP contribution in [0, 0.1) is 11.8 Å². The van der Waals surface area contributed by atoms with Crippen molar-refractivity contribution >= 4 is 56.4 Å². The molecule has 0 unspecified atom stereocenters. The minimum atomic E-state index is -0.340. The molecule has 0 heterocycles. The van der Waals surface area contributed by atoms with E-state index in [1.807, 2.05) is 13.8 Å². The fourth-order valence-corrected chi connectivity index (χ4v) is 3.02. The van der Waals surface area contributed by atoms with Gasteiger partial charge in [-0.1, -0.05) is 33.8 Å². The van der Waals surface area contributed by atoms with Gasteiger partial charge in [0.1, 0.15) is 5.75 Å². The Morgan fingerprint density at radius 1 is 1.03 bits per heavy atom. The molecule has 0 aromatic heterocycles. The van der Waals surface area contributed by atoms with Crippen LogP contribution in [-0.2, 0) is 4.79 Å². The first-order valence-corrected chi connectivity index (χ1v) is 10.8. The fourth-order valence-electron chi connectivity index (χ4n) is 2.31. The van der Waals surface area contributed by atoms with Crippen molar-refractivity contribution in [2.75, 3.05) is 17.2 Å². The lowest BCUT2D eigenvalue weighted by molar-refractivity contribution is -0.118. The third-order valence-corrected chi connectivity index (χ3v) is 4.73. The van der Waals surface area contributed by atoms with Crippen molar-refractivity contribution < 1.29 is 14.3 Å². The second kappa shape index (κ2) is 11.1. The van der Waals surface area contributed by atoms with Crippen molar-refractivity contribution in [3.05, 3.63) is 52.5 Å². The Morgan fingerprint density at radius 2 is 1.70 bits per heavy atom. The molecule has 0 spiro atoms. The van der Waals surface area contributed by atoms with Gasteiger partial charge >= 0.3 is 0 Å². The van der Waals surface area contributed by atoms with Crippen molar-refractivity contribution in [3.63, 3.8) is 0 Å². The van der Waals surface area contributed by atoms with Gasteiger partial charge in [0.25, 0.3) is 5.91 Å². The summed E-state index contributed by atoms with van der Waals surface area (Å²) in [6.45, 7) is 8.37. The molecule has 3 N–H and O–H groups in total. The number of hydrogen-bond donors (Lipinski definition) is 3. The summed E-state index contributed by atoms with van der Waals surface area (Å²) in [6, 6.07) is 12.2. The molecule has 0 atom stereocenters. The van der Waals surface area contributed by atoms with Crippen LogP contribution in [0.1, 0.15) is 38.1 Å². The van der Waals surface area contributed by atoms with E-state index in [-0.39, 0.29) is 22.8 Å². The van der Waals surface area contributed by atoms with E-state index in [0.717, 1.165) is 0 Å². The highest BCUT2D eigenvalue weighted by Crippen LogP contribution is 2.26. The minimum absolute atomic E-state index is 0.0746. The molecule has 0 radical (unpaired) electrons. The van der Waals surface area contributed by atoms with E-state index in [4.69, 9.17) is 17.0 Å². The molecule has 8 heteroatoms. The van der Waals surface area contributed by atoms with Crippen LogP contribution in [0.3, 0.4) is 0 Å². The molecule has 0 aliphatic rings. The quantitative estimate of drug-likeness (QED) is 0.463. The zero-order valence-corrected chi connectivity index (χ0v) is 19.8. The summed E-state index contributed by atoms with van der Waals surface area (Å²) < 4.78 is 6.40. The first kappa shape index (κ1) is 23.8. The van der Waals surface area contributed by atoms with Crippen LogP contribution < -0.4 is 20.7 Å². The van der Waals surface area contributed by atoms with Crippen LogP contribution in [0.25, 0.3) is 0 Å². The zero-order chi connectivity index (χ0) is 22.3. The van der Waals surface area contributed by atoms with Gasteiger partial charge in [0, 0.05) is 22.9 Å². The molecular formula is C22H26BrN3O3S.